The molecule has 1 atom stereocenters. The van der Waals surface area contributed by atoms with Crippen molar-refractivity contribution in [1.82, 2.24) is 10.3 Å². The van der Waals surface area contributed by atoms with Crippen molar-refractivity contribution in [3.8, 4) is 0 Å². The van der Waals surface area contributed by atoms with Crippen LogP contribution in [0, 0.1) is 6.92 Å². The number of hydrogen-bond donors (Lipinski definition) is 1. The van der Waals surface area contributed by atoms with Crippen molar-refractivity contribution in [2.45, 2.75) is 13.0 Å². The summed E-state index contributed by atoms with van der Waals surface area (Å²) in [5, 5.41) is 3.08. The Morgan fingerprint density at radius 3 is 2.26 bits per heavy atom. The highest BCUT2D eigenvalue weighted by Gasteiger charge is 2.18. The molecule has 0 saturated carbocycles. The first kappa shape index (κ1) is 15.0. The number of benzene rings is 2. The van der Waals surface area contributed by atoms with Gasteiger partial charge >= 0.3 is 0 Å². The van der Waals surface area contributed by atoms with Gasteiger partial charge in [-0.15, -0.1) is 0 Å². The fourth-order valence-corrected chi connectivity index (χ4v) is 2.44. The highest BCUT2D eigenvalue weighted by molar-refractivity contribution is 5.94. The summed E-state index contributed by atoms with van der Waals surface area (Å²) in [4.78, 5) is 17.0. The van der Waals surface area contributed by atoms with Crippen LogP contribution in [0.25, 0.3) is 0 Å². The standard InChI is InChI=1S/C20H18N2O/c1-15-10-12-17(13-11-15)20(23)22-19(16-7-3-2-4-8-16)18-9-5-6-14-21-18/h2-14,19H,1H3,(H,22,23). The molecule has 1 N–H and O–H groups in total. The van der Waals surface area contributed by atoms with E-state index >= 15 is 0 Å². The van der Waals surface area contributed by atoms with Crippen molar-refractivity contribution in [3.05, 3.63) is 101 Å². The van der Waals surface area contributed by atoms with Crippen molar-refractivity contribution < 1.29 is 4.79 Å². The number of aryl methyl sites for hydroxylation is 1. The van der Waals surface area contributed by atoms with Gasteiger partial charge in [0.25, 0.3) is 5.91 Å². The summed E-state index contributed by atoms with van der Waals surface area (Å²) in [6, 6.07) is 22.9. The van der Waals surface area contributed by atoms with Gasteiger partial charge < -0.3 is 5.32 Å². The third-order valence-electron chi connectivity index (χ3n) is 3.71. The summed E-state index contributed by atoms with van der Waals surface area (Å²) in [6.45, 7) is 2.00. The number of nitrogens with one attached hydrogen (secondary N) is 1. The Morgan fingerprint density at radius 2 is 1.61 bits per heavy atom. The topological polar surface area (TPSA) is 42.0 Å². The Hall–Kier alpha value is -2.94. The first-order valence-electron chi connectivity index (χ1n) is 7.57. The Labute approximate surface area is 136 Å². The lowest BCUT2D eigenvalue weighted by Crippen LogP contribution is -2.29. The molecule has 0 aliphatic carbocycles. The van der Waals surface area contributed by atoms with Gasteiger partial charge in [-0.3, -0.25) is 9.78 Å². The van der Waals surface area contributed by atoms with E-state index in [0.29, 0.717) is 5.56 Å². The second kappa shape index (κ2) is 6.88. The molecule has 0 aliphatic heterocycles. The van der Waals surface area contributed by atoms with Crippen LogP contribution in [-0.2, 0) is 0 Å². The summed E-state index contributed by atoms with van der Waals surface area (Å²) < 4.78 is 0. The number of nitrogens with zero attached hydrogens (tertiary/aromatic N) is 1. The van der Waals surface area contributed by atoms with Crippen LogP contribution in [0.15, 0.2) is 79.0 Å². The van der Waals surface area contributed by atoms with E-state index in [4.69, 9.17) is 0 Å². The van der Waals surface area contributed by atoms with E-state index in [9.17, 15) is 4.79 Å². The molecule has 0 fully saturated rings. The molecule has 1 unspecified atom stereocenters. The van der Waals surface area contributed by atoms with Crippen LogP contribution in [0.4, 0.5) is 0 Å². The van der Waals surface area contributed by atoms with Gasteiger partial charge in [0.2, 0.25) is 0 Å². The number of hydrogen-bond acceptors (Lipinski definition) is 2. The maximum Gasteiger partial charge on any atom is 0.252 e. The summed E-state index contributed by atoms with van der Waals surface area (Å²) >= 11 is 0. The first-order chi connectivity index (χ1) is 11.2. The molecule has 3 rings (SSSR count). The minimum atomic E-state index is -0.272. The smallest absolute Gasteiger partial charge is 0.252 e. The highest BCUT2D eigenvalue weighted by atomic mass is 16.1. The molecule has 114 valence electrons. The second-order valence-electron chi connectivity index (χ2n) is 5.44. The van der Waals surface area contributed by atoms with Gasteiger partial charge in [0.15, 0.2) is 0 Å². The lowest BCUT2D eigenvalue weighted by molar-refractivity contribution is 0.0942. The molecule has 0 aliphatic rings. The fraction of sp³-hybridized carbons (Fsp3) is 0.100. The van der Waals surface area contributed by atoms with Crippen LogP contribution in [0.1, 0.15) is 33.2 Å². The molecular weight excluding hydrogens is 284 g/mol. The average Bonchev–Trinajstić information content (AvgIpc) is 2.61. The van der Waals surface area contributed by atoms with Gasteiger partial charge in [0.1, 0.15) is 0 Å². The van der Waals surface area contributed by atoms with Crippen LogP contribution in [-0.4, -0.2) is 10.9 Å². The molecule has 0 radical (unpaired) electrons. The summed E-state index contributed by atoms with van der Waals surface area (Å²) in [5.74, 6) is -0.107. The van der Waals surface area contributed by atoms with E-state index < -0.39 is 0 Å². The predicted molar refractivity (Wildman–Crippen MR) is 91.2 cm³/mol. The molecule has 1 heterocycles. The third kappa shape index (κ3) is 3.64. The second-order valence-corrected chi connectivity index (χ2v) is 5.44. The molecule has 1 aromatic heterocycles. The Balaban J connectivity index is 1.90. The van der Waals surface area contributed by atoms with Crippen molar-refractivity contribution in [2.24, 2.45) is 0 Å². The van der Waals surface area contributed by atoms with Crippen LogP contribution in [0.2, 0.25) is 0 Å². The van der Waals surface area contributed by atoms with E-state index in [1.54, 1.807) is 6.20 Å². The van der Waals surface area contributed by atoms with Gasteiger partial charge in [-0.1, -0.05) is 54.1 Å². The molecule has 0 spiro atoms. The Bertz CT molecular complexity index is 728. The first-order valence-corrected chi connectivity index (χ1v) is 7.57. The predicted octanol–water partition coefficient (Wildman–Crippen LogP) is 3.91. The lowest BCUT2D eigenvalue weighted by Gasteiger charge is -2.19. The molecule has 3 nitrogen and oxygen atoms in total. The van der Waals surface area contributed by atoms with Crippen LogP contribution >= 0.6 is 0 Å². The molecule has 0 saturated heterocycles. The van der Waals surface area contributed by atoms with E-state index in [-0.39, 0.29) is 11.9 Å². The monoisotopic (exact) mass is 302 g/mol. The van der Waals surface area contributed by atoms with E-state index in [1.165, 1.54) is 0 Å². The number of carbonyl (C=O) groups is 1. The van der Waals surface area contributed by atoms with Gasteiger partial charge in [-0.25, -0.2) is 0 Å². The maximum atomic E-state index is 12.6. The SMILES string of the molecule is Cc1ccc(C(=O)NC(c2ccccc2)c2ccccn2)cc1. The fourth-order valence-electron chi connectivity index (χ4n) is 2.44. The quantitative estimate of drug-likeness (QED) is 0.794. The van der Waals surface area contributed by atoms with Crippen LogP contribution < -0.4 is 5.32 Å². The zero-order valence-electron chi connectivity index (χ0n) is 12.9. The van der Waals surface area contributed by atoms with Gasteiger partial charge in [-0.2, -0.15) is 0 Å². The Kier molecular flexibility index (Phi) is 4.48. The van der Waals surface area contributed by atoms with Crippen molar-refractivity contribution in [2.75, 3.05) is 0 Å². The summed E-state index contributed by atoms with van der Waals surface area (Å²) in [5.41, 5.74) is 3.60. The maximum absolute atomic E-state index is 12.6. The molecule has 1 amide bonds. The van der Waals surface area contributed by atoms with E-state index in [1.807, 2.05) is 79.7 Å². The number of aromatic nitrogens is 1. The molecule has 23 heavy (non-hydrogen) atoms. The van der Waals surface area contributed by atoms with E-state index in [0.717, 1.165) is 16.8 Å². The van der Waals surface area contributed by atoms with Crippen LogP contribution in [0.3, 0.4) is 0 Å². The van der Waals surface area contributed by atoms with Gasteiger partial charge in [0, 0.05) is 11.8 Å². The van der Waals surface area contributed by atoms with Gasteiger partial charge in [0.05, 0.1) is 11.7 Å². The summed E-state index contributed by atoms with van der Waals surface area (Å²) in [6.07, 6.45) is 1.74. The molecule has 3 heteroatoms. The zero-order valence-corrected chi connectivity index (χ0v) is 12.9. The zero-order chi connectivity index (χ0) is 16.1. The van der Waals surface area contributed by atoms with Crippen LogP contribution in [0.5, 0.6) is 0 Å². The van der Waals surface area contributed by atoms with E-state index in [2.05, 4.69) is 10.3 Å². The van der Waals surface area contributed by atoms with Gasteiger partial charge in [-0.05, 0) is 36.8 Å². The van der Waals surface area contributed by atoms with Crippen molar-refractivity contribution >= 4 is 5.91 Å². The number of carbonyl (C=O) groups excluding carboxylic acids is 1. The highest BCUT2D eigenvalue weighted by Crippen LogP contribution is 2.20. The average molecular weight is 302 g/mol. The lowest BCUT2D eigenvalue weighted by atomic mass is 10.0. The molecule has 0 bridgehead atoms. The minimum Gasteiger partial charge on any atom is -0.340 e. The summed E-state index contributed by atoms with van der Waals surface area (Å²) in [7, 11) is 0. The van der Waals surface area contributed by atoms with Crippen molar-refractivity contribution in [3.63, 3.8) is 0 Å². The number of pyridine rings is 1. The number of rotatable bonds is 4. The largest absolute Gasteiger partial charge is 0.340 e. The molecule has 2 aromatic carbocycles. The Morgan fingerprint density at radius 1 is 0.913 bits per heavy atom. The minimum absolute atomic E-state index is 0.107. The third-order valence-corrected chi connectivity index (χ3v) is 3.71. The van der Waals surface area contributed by atoms with Crippen molar-refractivity contribution in [1.29, 1.82) is 0 Å². The number of amides is 1. The molecule has 3 aromatic rings. The molecular formula is C20H18N2O. The normalized spacial score (nSPS) is 11.7.